The van der Waals surface area contributed by atoms with E-state index < -0.39 is 17.8 Å². The Kier molecular flexibility index (Phi) is 4.84. The zero-order chi connectivity index (χ0) is 18.9. The maximum atomic E-state index is 12.1. The predicted molar refractivity (Wildman–Crippen MR) is 99.3 cm³/mol. The highest BCUT2D eigenvalue weighted by Crippen LogP contribution is 2.32. The van der Waals surface area contributed by atoms with Crippen LogP contribution >= 0.6 is 11.6 Å². The fourth-order valence-corrected chi connectivity index (χ4v) is 2.72. The molecule has 0 aliphatic heterocycles. The Morgan fingerprint density at radius 1 is 1.35 bits per heavy atom. The zero-order valence-electron chi connectivity index (χ0n) is 14.6. The van der Waals surface area contributed by atoms with Crippen LogP contribution in [0.25, 0.3) is 10.9 Å². The molecule has 0 aliphatic carbocycles. The third kappa shape index (κ3) is 3.95. The van der Waals surface area contributed by atoms with E-state index in [1.54, 1.807) is 39.1 Å². The molecule has 0 aliphatic rings. The number of carbonyl (C=O) groups is 1. The maximum Gasteiger partial charge on any atom is 0.412 e. The van der Waals surface area contributed by atoms with Crippen LogP contribution in [-0.4, -0.2) is 32.0 Å². The van der Waals surface area contributed by atoms with Crippen molar-refractivity contribution in [2.45, 2.75) is 32.5 Å². The zero-order valence-corrected chi connectivity index (χ0v) is 15.3. The fourth-order valence-electron chi connectivity index (χ4n) is 2.56. The summed E-state index contributed by atoms with van der Waals surface area (Å²) in [5.41, 5.74) is 1.28. The first-order valence-electron chi connectivity index (χ1n) is 8.00. The van der Waals surface area contributed by atoms with Crippen molar-refractivity contribution in [3.8, 4) is 0 Å². The number of H-pyrrole nitrogens is 1. The van der Waals surface area contributed by atoms with E-state index in [0.717, 1.165) is 10.9 Å². The number of nitrogens with zero attached hydrogens (tertiary/aromatic N) is 2. The first-order valence-corrected chi connectivity index (χ1v) is 8.38. The van der Waals surface area contributed by atoms with Gasteiger partial charge in [0.05, 0.1) is 28.1 Å². The van der Waals surface area contributed by atoms with Crippen molar-refractivity contribution in [3.63, 3.8) is 0 Å². The van der Waals surface area contributed by atoms with Crippen molar-refractivity contribution in [1.82, 2.24) is 15.2 Å². The van der Waals surface area contributed by atoms with Crippen molar-refractivity contribution >= 4 is 34.3 Å². The molecule has 8 heteroatoms. The maximum absolute atomic E-state index is 12.1. The number of aliphatic hydroxyl groups excluding tert-OH is 1. The number of aromatic amines is 1. The second kappa shape index (κ2) is 6.93. The van der Waals surface area contributed by atoms with Gasteiger partial charge in [-0.15, -0.1) is 0 Å². The summed E-state index contributed by atoms with van der Waals surface area (Å²) in [5.74, 6) is 0. The summed E-state index contributed by atoms with van der Waals surface area (Å²) in [6.07, 6.45) is 1.30. The number of carbonyl (C=O) groups excluding carboxylic acids is 1. The Morgan fingerprint density at radius 3 is 2.85 bits per heavy atom. The number of nitrogens with one attached hydrogen (secondary N) is 2. The minimum absolute atomic E-state index is 0.258. The molecule has 3 N–H and O–H groups in total. The van der Waals surface area contributed by atoms with Crippen molar-refractivity contribution in [2.24, 2.45) is 0 Å². The Bertz CT molecular complexity index is 949. The first kappa shape index (κ1) is 18.2. The van der Waals surface area contributed by atoms with Gasteiger partial charge in [0.25, 0.3) is 0 Å². The summed E-state index contributed by atoms with van der Waals surface area (Å²) in [4.78, 5) is 16.3. The van der Waals surface area contributed by atoms with E-state index >= 15 is 0 Å². The second-order valence-electron chi connectivity index (χ2n) is 6.79. The molecule has 2 heterocycles. The van der Waals surface area contributed by atoms with Gasteiger partial charge in [-0.25, -0.2) is 4.79 Å². The van der Waals surface area contributed by atoms with Crippen LogP contribution in [0.5, 0.6) is 0 Å². The number of ether oxygens (including phenoxy) is 1. The van der Waals surface area contributed by atoms with Gasteiger partial charge in [-0.1, -0.05) is 23.7 Å². The molecule has 0 spiro atoms. The minimum Gasteiger partial charge on any atom is -0.444 e. The van der Waals surface area contributed by atoms with Gasteiger partial charge in [0, 0.05) is 11.6 Å². The highest BCUT2D eigenvalue weighted by atomic mass is 35.5. The van der Waals surface area contributed by atoms with E-state index in [0.29, 0.717) is 10.6 Å². The van der Waals surface area contributed by atoms with Crippen molar-refractivity contribution < 1.29 is 14.6 Å². The molecule has 0 saturated heterocycles. The normalized spacial score (nSPS) is 12.8. The van der Waals surface area contributed by atoms with Crippen LogP contribution < -0.4 is 5.32 Å². The Morgan fingerprint density at radius 2 is 2.12 bits per heavy atom. The quantitative estimate of drug-likeness (QED) is 0.642. The molecule has 0 fully saturated rings. The van der Waals surface area contributed by atoms with Crippen LogP contribution in [0, 0.1) is 0 Å². The summed E-state index contributed by atoms with van der Waals surface area (Å²) >= 11 is 6.01. The number of rotatable bonds is 3. The van der Waals surface area contributed by atoms with Crippen molar-refractivity contribution in [2.75, 3.05) is 5.32 Å². The number of fused-ring (bicyclic) bond motifs is 1. The molecule has 7 nitrogen and oxygen atoms in total. The molecule has 1 atom stereocenters. The van der Waals surface area contributed by atoms with Gasteiger partial charge in [-0.3, -0.25) is 15.4 Å². The lowest BCUT2D eigenvalue weighted by atomic mass is 10.0. The lowest BCUT2D eigenvalue weighted by Gasteiger charge is -2.21. The van der Waals surface area contributed by atoms with Gasteiger partial charge in [-0.05, 0) is 38.5 Å². The average Bonchev–Trinajstić information content (AvgIpc) is 3.01. The number of hydrogen-bond acceptors (Lipinski definition) is 5. The lowest BCUT2D eigenvalue weighted by molar-refractivity contribution is 0.0635. The predicted octanol–water partition coefficient (Wildman–Crippen LogP) is 4.04. The Labute approximate surface area is 155 Å². The fraction of sp³-hybridized carbons (Fsp3) is 0.278. The molecule has 26 heavy (non-hydrogen) atoms. The summed E-state index contributed by atoms with van der Waals surface area (Å²) in [6.45, 7) is 5.29. The first-order chi connectivity index (χ1) is 12.2. The SMILES string of the molecule is CC(C)(C)OC(=O)Nc1cc(Cl)cnc1C(O)c1cccc2[nH]ncc12. The molecule has 136 valence electrons. The van der Waals surface area contributed by atoms with Crippen LogP contribution in [0.15, 0.2) is 36.7 Å². The van der Waals surface area contributed by atoms with Crippen LogP contribution in [0.1, 0.15) is 38.1 Å². The van der Waals surface area contributed by atoms with Gasteiger partial charge in [0.15, 0.2) is 0 Å². The van der Waals surface area contributed by atoms with Gasteiger partial charge >= 0.3 is 6.09 Å². The number of pyridine rings is 1. The molecule has 1 amide bonds. The van der Waals surface area contributed by atoms with Gasteiger partial charge < -0.3 is 9.84 Å². The van der Waals surface area contributed by atoms with Crippen LogP contribution in [0.2, 0.25) is 5.02 Å². The number of hydrogen-bond donors (Lipinski definition) is 3. The molecule has 1 aromatic carbocycles. The topological polar surface area (TPSA) is 100 Å². The van der Waals surface area contributed by atoms with Gasteiger partial charge in [0.1, 0.15) is 11.7 Å². The molecular weight excluding hydrogens is 356 g/mol. The van der Waals surface area contributed by atoms with Crippen molar-refractivity contribution in [3.05, 3.63) is 52.9 Å². The van der Waals surface area contributed by atoms with E-state index in [-0.39, 0.29) is 11.4 Å². The Balaban J connectivity index is 1.97. The number of anilines is 1. The van der Waals surface area contributed by atoms with Crippen LogP contribution in [-0.2, 0) is 4.74 Å². The van der Waals surface area contributed by atoms with Crippen LogP contribution in [0.4, 0.5) is 10.5 Å². The van der Waals surface area contributed by atoms with E-state index in [1.165, 1.54) is 12.3 Å². The van der Waals surface area contributed by atoms with E-state index in [1.807, 2.05) is 6.07 Å². The number of aliphatic hydroxyl groups is 1. The van der Waals surface area contributed by atoms with Gasteiger partial charge in [0.2, 0.25) is 0 Å². The number of aromatic nitrogens is 3. The van der Waals surface area contributed by atoms with E-state index in [9.17, 15) is 9.90 Å². The highest BCUT2D eigenvalue weighted by molar-refractivity contribution is 6.30. The van der Waals surface area contributed by atoms with E-state index in [4.69, 9.17) is 16.3 Å². The van der Waals surface area contributed by atoms with E-state index in [2.05, 4.69) is 20.5 Å². The summed E-state index contributed by atoms with van der Waals surface area (Å²) < 4.78 is 5.26. The lowest BCUT2D eigenvalue weighted by Crippen LogP contribution is -2.27. The number of amides is 1. The number of benzene rings is 1. The van der Waals surface area contributed by atoms with Gasteiger partial charge in [-0.2, -0.15) is 5.10 Å². The molecule has 1 unspecified atom stereocenters. The minimum atomic E-state index is -1.08. The molecule has 3 rings (SSSR count). The molecule has 3 aromatic rings. The third-order valence-electron chi connectivity index (χ3n) is 3.59. The van der Waals surface area contributed by atoms with Crippen LogP contribution in [0.3, 0.4) is 0 Å². The molecule has 0 saturated carbocycles. The third-order valence-corrected chi connectivity index (χ3v) is 3.80. The molecule has 0 bridgehead atoms. The smallest absolute Gasteiger partial charge is 0.412 e. The summed E-state index contributed by atoms with van der Waals surface area (Å²) in [7, 11) is 0. The van der Waals surface area contributed by atoms with Crippen molar-refractivity contribution in [1.29, 1.82) is 0 Å². The molecule has 0 radical (unpaired) electrons. The molecular formula is C18H19ClN4O3. The standard InChI is InChI=1S/C18H19ClN4O3/c1-18(2,3)26-17(25)22-14-7-10(19)8-20-15(14)16(24)11-5-4-6-13-12(11)9-21-23-13/h4-9,16,24H,1-3H3,(H,21,23)(H,22,25). The summed E-state index contributed by atoms with van der Waals surface area (Å²) in [5, 5.41) is 21.4. The highest BCUT2D eigenvalue weighted by Gasteiger charge is 2.23. The largest absolute Gasteiger partial charge is 0.444 e. The Hall–Kier alpha value is -2.64. The number of halogens is 1. The molecule has 2 aromatic heterocycles. The second-order valence-corrected chi connectivity index (χ2v) is 7.23. The summed E-state index contributed by atoms with van der Waals surface area (Å²) in [6, 6.07) is 6.95. The monoisotopic (exact) mass is 374 g/mol. The average molecular weight is 375 g/mol.